The van der Waals surface area contributed by atoms with Crippen molar-refractivity contribution in [3.8, 4) is 0 Å². The van der Waals surface area contributed by atoms with E-state index < -0.39 is 5.60 Å². The van der Waals surface area contributed by atoms with E-state index in [1.165, 1.54) is 0 Å². The Hall–Kier alpha value is -0.980. The van der Waals surface area contributed by atoms with Gasteiger partial charge in [0.25, 0.3) is 5.91 Å². The Morgan fingerprint density at radius 2 is 2.30 bits per heavy atom. The van der Waals surface area contributed by atoms with Crippen molar-refractivity contribution in [2.75, 3.05) is 26.0 Å². The van der Waals surface area contributed by atoms with Gasteiger partial charge >= 0.3 is 0 Å². The lowest BCUT2D eigenvalue weighted by Crippen LogP contribution is -2.55. The van der Waals surface area contributed by atoms with E-state index in [-0.39, 0.29) is 18.6 Å². The number of nitrogens with zero attached hydrogens (tertiary/aromatic N) is 1. The highest BCUT2D eigenvalue weighted by molar-refractivity contribution is 7.97. The van der Waals surface area contributed by atoms with Gasteiger partial charge in [0.05, 0.1) is 24.1 Å². The number of carbonyl (C=O) groups excluding carboxylic acids is 1. The molecule has 1 atom stereocenters. The van der Waals surface area contributed by atoms with Gasteiger partial charge in [-0.15, -0.1) is 0 Å². The molecule has 0 radical (unpaired) electrons. The molecule has 1 amide bonds. The van der Waals surface area contributed by atoms with Crippen molar-refractivity contribution >= 4 is 17.7 Å². The first-order chi connectivity index (χ1) is 9.45. The van der Waals surface area contributed by atoms with Gasteiger partial charge in [0.15, 0.2) is 5.76 Å². The quantitative estimate of drug-likeness (QED) is 0.918. The number of amides is 1. The third-order valence-electron chi connectivity index (χ3n) is 3.13. The third kappa shape index (κ3) is 3.56. The Bertz CT molecular complexity index is 471. The van der Waals surface area contributed by atoms with Crippen LogP contribution < -0.4 is 0 Å². The summed E-state index contributed by atoms with van der Waals surface area (Å²) in [4.78, 5) is 14.1. The number of morpholine rings is 1. The van der Waals surface area contributed by atoms with Crippen LogP contribution in [0.15, 0.2) is 16.5 Å². The van der Waals surface area contributed by atoms with Crippen LogP contribution in [0.3, 0.4) is 0 Å². The highest BCUT2D eigenvalue weighted by Crippen LogP contribution is 2.23. The zero-order chi connectivity index (χ0) is 14.8. The molecule has 0 aliphatic carbocycles. The van der Waals surface area contributed by atoms with E-state index >= 15 is 0 Å². The number of hydrogen-bond acceptors (Lipinski definition) is 5. The molecular formula is C14H21NO4S. The van der Waals surface area contributed by atoms with Gasteiger partial charge in [0, 0.05) is 13.1 Å². The number of aliphatic hydroxyl groups excluding tert-OH is 1. The van der Waals surface area contributed by atoms with Gasteiger partial charge in [-0.1, -0.05) is 0 Å². The average molecular weight is 299 g/mol. The summed E-state index contributed by atoms with van der Waals surface area (Å²) < 4.78 is 11.3. The average Bonchev–Trinajstić information content (AvgIpc) is 2.85. The Labute approximate surface area is 123 Å². The van der Waals surface area contributed by atoms with E-state index in [1.54, 1.807) is 22.7 Å². The molecule has 0 bridgehead atoms. The van der Waals surface area contributed by atoms with E-state index in [2.05, 4.69) is 0 Å². The molecule has 20 heavy (non-hydrogen) atoms. The zero-order valence-corrected chi connectivity index (χ0v) is 12.9. The number of rotatable bonds is 4. The molecule has 1 aromatic heterocycles. The predicted octanol–water partition coefficient (Wildman–Crippen LogP) is 1.75. The molecule has 112 valence electrons. The molecule has 2 heterocycles. The number of aliphatic hydroxyl groups is 1. The SMILES string of the molecule is CSCc1ccc(C(=O)N2CC(CO)OC(C)(C)C2)o1. The van der Waals surface area contributed by atoms with Crippen LogP contribution in [-0.2, 0) is 10.5 Å². The smallest absolute Gasteiger partial charge is 0.289 e. The second-order valence-corrected chi connectivity index (χ2v) is 6.43. The zero-order valence-electron chi connectivity index (χ0n) is 12.1. The summed E-state index contributed by atoms with van der Waals surface area (Å²) in [6.45, 7) is 4.61. The van der Waals surface area contributed by atoms with Crippen molar-refractivity contribution in [2.45, 2.75) is 31.3 Å². The summed E-state index contributed by atoms with van der Waals surface area (Å²) in [5.41, 5.74) is -0.462. The molecule has 2 rings (SSSR count). The lowest BCUT2D eigenvalue weighted by atomic mass is 10.1. The normalized spacial score (nSPS) is 22.0. The van der Waals surface area contributed by atoms with E-state index in [1.807, 2.05) is 26.2 Å². The van der Waals surface area contributed by atoms with E-state index in [4.69, 9.17) is 9.15 Å². The van der Waals surface area contributed by atoms with Crippen LogP contribution >= 0.6 is 11.8 Å². The van der Waals surface area contributed by atoms with Crippen LogP contribution in [0.5, 0.6) is 0 Å². The van der Waals surface area contributed by atoms with Gasteiger partial charge in [0.1, 0.15) is 5.76 Å². The lowest BCUT2D eigenvalue weighted by molar-refractivity contribution is -0.139. The van der Waals surface area contributed by atoms with Gasteiger partial charge in [-0.05, 0) is 32.2 Å². The second kappa shape index (κ2) is 6.20. The first kappa shape index (κ1) is 15.4. The van der Waals surface area contributed by atoms with E-state index in [9.17, 15) is 9.90 Å². The van der Waals surface area contributed by atoms with Crippen LogP contribution in [0.25, 0.3) is 0 Å². The van der Waals surface area contributed by atoms with Gasteiger partial charge in [-0.2, -0.15) is 11.8 Å². The fraction of sp³-hybridized carbons (Fsp3) is 0.643. The molecular weight excluding hydrogens is 278 g/mol. The van der Waals surface area contributed by atoms with Gasteiger partial charge < -0.3 is 19.2 Å². The van der Waals surface area contributed by atoms with Gasteiger partial charge in [0.2, 0.25) is 0 Å². The van der Waals surface area contributed by atoms with Crippen LogP contribution in [0, 0.1) is 0 Å². The summed E-state index contributed by atoms with van der Waals surface area (Å²) in [5, 5.41) is 9.28. The first-order valence-corrected chi connectivity index (χ1v) is 8.00. The Kier molecular flexibility index (Phi) is 4.78. The summed E-state index contributed by atoms with van der Waals surface area (Å²) in [6, 6.07) is 3.54. The van der Waals surface area contributed by atoms with Crippen molar-refractivity contribution in [1.29, 1.82) is 0 Å². The molecule has 0 saturated carbocycles. The largest absolute Gasteiger partial charge is 0.455 e. The summed E-state index contributed by atoms with van der Waals surface area (Å²) in [5.74, 6) is 1.75. The minimum absolute atomic E-state index is 0.0942. The Morgan fingerprint density at radius 3 is 2.95 bits per heavy atom. The molecule has 5 nitrogen and oxygen atoms in total. The molecule has 1 saturated heterocycles. The number of thioether (sulfide) groups is 1. The van der Waals surface area contributed by atoms with Gasteiger partial charge in [-0.3, -0.25) is 4.79 Å². The first-order valence-electron chi connectivity index (χ1n) is 6.61. The molecule has 6 heteroatoms. The number of carbonyl (C=O) groups is 1. The topological polar surface area (TPSA) is 62.9 Å². The maximum absolute atomic E-state index is 12.5. The Morgan fingerprint density at radius 1 is 1.55 bits per heavy atom. The van der Waals surface area contributed by atoms with Crippen LogP contribution in [-0.4, -0.2) is 53.6 Å². The maximum atomic E-state index is 12.5. The predicted molar refractivity (Wildman–Crippen MR) is 77.9 cm³/mol. The number of hydrogen-bond donors (Lipinski definition) is 1. The molecule has 1 fully saturated rings. The number of furan rings is 1. The molecule has 0 spiro atoms. The standard InChI is InChI=1S/C14H21NO4S/c1-14(2)9-15(6-11(7-16)19-14)13(17)12-5-4-10(18-12)8-20-3/h4-5,11,16H,6-9H2,1-3H3. The highest BCUT2D eigenvalue weighted by atomic mass is 32.2. The molecule has 1 unspecified atom stereocenters. The fourth-order valence-electron chi connectivity index (χ4n) is 2.41. The van der Waals surface area contributed by atoms with Crippen LogP contribution in [0.2, 0.25) is 0 Å². The Balaban J connectivity index is 2.10. The number of ether oxygens (including phenoxy) is 1. The minimum Gasteiger partial charge on any atom is -0.455 e. The van der Waals surface area contributed by atoms with Crippen molar-refractivity contribution in [3.63, 3.8) is 0 Å². The van der Waals surface area contributed by atoms with E-state index in [0.717, 1.165) is 11.5 Å². The van der Waals surface area contributed by atoms with E-state index in [0.29, 0.717) is 18.8 Å². The van der Waals surface area contributed by atoms with Crippen molar-refractivity contribution in [1.82, 2.24) is 4.90 Å². The minimum atomic E-state index is -0.462. The summed E-state index contributed by atoms with van der Waals surface area (Å²) in [7, 11) is 0. The molecule has 1 aliphatic rings. The lowest BCUT2D eigenvalue weighted by Gasteiger charge is -2.41. The highest BCUT2D eigenvalue weighted by Gasteiger charge is 2.36. The molecule has 0 aromatic carbocycles. The van der Waals surface area contributed by atoms with Crippen molar-refractivity contribution in [2.24, 2.45) is 0 Å². The molecule has 1 N–H and O–H groups in total. The second-order valence-electron chi connectivity index (χ2n) is 5.57. The van der Waals surface area contributed by atoms with Crippen molar-refractivity contribution in [3.05, 3.63) is 23.7 Å². The van der Waals surface area contributed by atoms with Gasteiger partial charge in [-0.25, -0.2) is 0 Å². The maximum Gasteiger partial charge on any atom is 0.289 e. The van der Waals surface area contributed by atoms with Crippen molar-refractivity contribution < 1.29 is 19.1 Å². The monoisotopic (exact) mass is 299 g/mol. The summed E-state index contributed by atoms with van der Waals surface area (Å²) in [6.07, 6.45) is 1.64. The van der Waals surface area contributed by atoms with Crippen LogP contribution in [0.4, 0.5) is 0 Å². The summed E-state index contributed by atoms with van der Waals surface area (Å²) >= 11 is 1.65. The van der Waals surface area contributed by atoms with Crippen LogP contribution in [0.1, 0.15) is 30.2 Å². The molecule has 1 aromatic rings. The third-order valence-corrected chi connectivity index (χ3v) is 3.70. The fourth-order valence-corrected chi connectivity index (χ4v) is 2.85. The molecule has 1 aliphatic heterocycles.